The topological polar surface area (TPSA) is 84.1 Å². The molecule has 0 fully saturated rings. The van der Waals surface area contributed by atoms with Crippen LogP contribution in [0.4, 0.5) is 4.39 Å². The molecule has 10 heteroatoms. The number of para-hydroxylation sites is 1. The zero-order chi connectivity index (χ0) is 32.5. The van der Waals surface area contributed by atoms with Crippen LogP contribution < -0.4 is 24.4 Å². The van der Waals surface area contributed by atoms with Crippen molar-refractivity contribution in [2.24, 2.45) is 4.99 Å². The molecule has 0 N–H and O–H groups in total. The summed E-state index contributed by atoms with van der Waals surface area (Å²) in [5, 5.41) is 0. The summed E-state index contributed by atoms with van der Waals surface area (Å²) in [6, 6.07) is 22.1. The van der Waals surface area contributed by atoms with E-state index in [1.165, 1.54) is 42.3 Å². The smallest absolute Gasteiger partial charge is 0.338 e. The molecule has 8 nitrogen and oxygen atoms in total. The van der Waals surface area contributed by atoms with E-state index in [1.54, 1.807) is 31.2 Å². The number of nitrogens with zero attached hydrogens (tertiary/aromatic N) is 3. The molecule has 0 radical (unpaired) electrons. The number of hydrogen-bond donors (Lipinski definition) is 0. The third-order valence-corrected chi connectivity index (χ3v) is 8.93. The van der Waals surface area contributed by atoms with Gasteiger partial charge >= 0.3 is 5.97 Å². The van der Waals surface area contributed by atoms with Gasteiger partial charge in [0.05, 0.1) is 36.6 Å². The minimum Gasteiger partial charge on any atom is -0.493 e. The lowest BCUT2D eigenvalue weighted by Gasteiger charge is -2.27. The van der Waals surface area contributed by atoms with E-state index in [4.69, 9.17) is 19.2 Å². The largest absolute Gasteiger partial charge is 0.493 e. The van der Waals surface area contributed by atoms with Crippen LogP contribution >= 0.6 is 11.3 Å². The summed E-state index contributed by atoms with van der Waals surface area (Å²) in [5.41, 5.74) is 5.03. The Kier molecular flexibility index (Phi) is 8.46. The first-order chi connectivity index (χ1) is 22.3. The number of rotatable bonds is 8. The summed E-state index contributed by atoms with van der Waals surface area (Å²) in [6.07, 6.45) is 1.84. The Balaban J connectivity index is 1.64. The molecule has 6 rings (SSSR count). The predicted octanol–water partition coefficient (Wildman–Crippen LogP) is 5.50. The van der Waals surface area contributed by atoms with E-state index in [9.17, 15) is 14.0 Å². The maximum Gasteiger partial charge on any atom is 0.338 e. The highest BCUT2D eigenvalue weighted by atomic mass is 32.1. The second kappa shape index (κ2) is 12.6. The summed E-state index contributed by atoms with van der Waals surface area (Å²) in [5.74, 6) is -0.0516. The molecule has 0 saturated carbocycles. The van der Waals surface area contributed by atoms with Crippen LogP contribution in [0.25, 0.3) is 17.5 Å². The molecule has 1 aliphatic heterocycles. The van der Waals surface area contributed by atoms with Crippen LogP contribution in [-0.2, 0) is 9.53 Å². The molecule has 0 amide bonds. The molecule has 3 heterocycles. The van der Waals surface area contributed by atoms with Crippen molar-refractivity contribution in [2.45, 2.75) is 26.8 Å². The van der Waals surface area contributed by atoms with Gasteiger partial charge in [-0.05, 0) is 68.8 Å². The number of aryl methyl sites for hydroxylation is 1. The molecule has 3 aromatic carbocycles. The van der Waals surface area contributed by atoms with Gasteiger partial charge in [-0.3, -0.25) is 9.36 Å². The summed E-state index contributed by atoms with van der Waals surface area (Å²) < 4.78 is 34.6. The number of fused-ring (bicyclic) bond motifs is 1. The van der Waals surface area contributed by atoms with Gasteiger partial charge in [-0.1, -0.05) is 53.8 Å². The average Bonchev–Trinajstić information content (AvgIpc) is 3.53. The first-order valence-electron chi connectivity index (χ1n) is 14.7. The van der Waals surface area contributed by atoms with Crippen molar-refractivity contribution < 1.29 is 23.4 Å². The zero-order valence-electron chi connectivity index (χ0n) is 26.0. The van der Waals surface area contributed by atoms with Crippen molar-refractivity contribution in [3.8, 4) is 17.2 Å². The SMILES string of the molecule is CCOC(=O)C1=C(c2ccccc2)N=c2s/c(=C\c3cc(C)n(-c4ccc(F)cc4)c3C)c(=O)n2C1c1cccc(OC)c1OC. The molecule has 234 valence electrons. The normalized spacial score (nSPS) is 14.6. The van der Waals surface area contributed by atoms with Crippen LogP contribution in [0.2, 0.25) is 0 Å². The van der Waals surface area contributed by atoms with E-state index in [0.29, 0.717) is 37.7 Å². The highest BCUT2D eigenvalue weighted by molar-refractivity contribution is 7.07. The number of esters is 1. The lowest BCUT2D eigenvalue weighted by Crippen LogP contribution is -2.40. The Bertz CT molecular complexity index is 2160. The van der Waals surface area contributed by atoms with E-state index in [-0.39, 0.29) is 23.6 Å². The molecule has 5 aromatic rings. The molecule has 0 aliphatic carbocycles. The molecule has 1 aliphatic rings. The number of methoxy groups -OCH3 is 2. The number of hydrogen-bond acceptors (Lipinski definition) is 7. The molecule has 2 aromatic heterocycles. The zero-order valence-corrected chi connectivity index (χ0v) is 26.9. The molecule has 0 spiro atoms. The first kappa shape index (κ1) is 30.8. The van der Waals surface area contributed by atoms with Gasteiger partial charge in [0.1, 0.15) is 11.9 Å². The number of halogens is 1. The summed E-state index contributed by atoms with van der Waals surface area (Å²) in [6.45, 7) is 5.79. The number of aromatic nitrogens is 2. The fourth-order valence-electron chi connectivity index (χ4n) is 5.92. The Hall–Kier alpha value is -5.22. The van der Waals surface area contributed by atoms with E-state index >= 15 is 0 Å². The molecular weight excluding hydrogens is 605 g/mol. The first-order valence-corrected chi connectivity index (χ1v) is 15.5. The van der Waals surface area contributed by atoms with Crippen LogP contribution in [0.15, 0.2) is 94.2 Å². The minimum absolute atomic E-state index is 0.139. The molecule has 0 saturated heterocycles. The predicted molar refractivity (Wildman–Crippen MR) is 176 cm³/mol. The average molecular weight is 638 g/mol. The monoisotopic (exact) mass is 637 g/mol. The molecule has 1 unspecified atom stereocenters. The minimum atomic E-state index is -0.927. The summed E-state index contributed by atoms with van der Waals surface area (Å²) >= 11 is 1.24. The number of ether oxygens (including phenoxy) is 3. The van der Waals surface area contributed by atoms with Crippen LogP contribution in [0.1, 0.15) is 41.0 Å². The van der Waals surface area contributed by atoms with Crippen molar-refractivity contribution in [1.82, 2.24) is 9.13 Å². The number of benzene rings is 3. The quantitative estimate of drug-likeness (QED) is 0.210. The van der Waals surface area contributed by atoms with Crippen LogP contribution in [-0.4, -0.2) is 35.9 Å². The van der Waals surface area contributed by atoms with Crippen LogP contribution in [0.3, 0.4) is 0 Å². The summed E-state index contributed by atoms with van der Waals surface area (Å²) in [4.78, 5) is 33.6. The van der Waals surface area contributed by atoms with E-state index < -0.39 is 12.0 Å². The molecule has 1 atom stereocenters. The molecular formula is C36H32FN3O5S. The maximum absolute atomic E-state index is 14.4. The third-order valence-electron chi connectivity index (χ3n) is 7.94. The fraction of sp³-hybridized carbons (Fsp3) is 0.194. The lowest BCUT2D eigenvalue weighted by molar-refractivity contribution is -0.138. The van der Waals surface area contributed by atoms with Crippen LogP contribution in [0, 0.1) is 19.7 Å². The van der Waals surface area contributed by atoms with Gasteiger partial charge in [0.2, 0.25) is 0 Å². The maximum atomic E-state index is 14.4. The summed E-state index contributed by atoms with van der Waals surface area (Å²) in [7, 11) is 3.06. The van der Waals surface area contributed by atoms with E-state index in [0.717, 1.165) is 22.6 Å². The Morgan fingerprint density at radius 3 is 2.41 bits per heavy atom. The van der Waals surface area contributed by atoms with Gasteiger partial charge in [-0.15, -0.1) is 0 Å². The number of thiazole rings is 1. The van der Waals surface area contributed by atoms with Crippen molar-refractivity contribution in [3.05, 3.63) is 138 Å². The fourth-order valence-corrected chi connectivity index (χ4v) is 6.92. The van der Waals surface area contributed by atoms with Crippen molar-refractivity contribution >= 4 is 29.1 Å². The van der Waals surface area contributed by atoms with Gasteiger partial charge < -0.3 is 18.8 Å². The second-order valence-electron chi connectivity index (χ2n) is 10.7. The lowest BCUT2D eigenvalue weighted by atomic mass is 9.92. The van der Waals surface area contributed by atoms with Gasteiger partial charge in [0, 0.05) is 28.2 Å². The van der Waals surface area contributed by atoms with Crippen molar-refractivity contribution in [2.75, 3.05) is 20.8 Å². The Morgan fingerprint density at radius 1 is 1.00 bits per heavy atom. The number of carbonyl (C=O) groups is 1. The highest BCUT2D eigenvalue weighted by Gasteiger charge is 2.37. The standard InChI is InChI=1S/C36H32FN3O5S/c1-6-45-35(42)30-31(23-11-8-7-9-12-23)38-36-40(32(30)27-13-10-14-28(43-4)33(27)44-5)34(41)29(46-36)20-24-19-21(2)39(22(24)3)26-17-15-25(37)16-18-26/h7-20,32H,6H2,1-5H3/b29-20-. The van der Waals surface area contributed by atoms with Gasteiger partial charge in [0.15, 0.2) is 16.3 Å². The molecule has 0 bridgehead atoms. The van der Waals surface area contributed by atoms with Gasteiger partial charge in [-0.2, -0.15) is 0 Å². The van der Waals surface area contributed by atoms with Crippen molar-refractivity contribution in [1.29, 1.82) is 0 Å². The third kappa shape index (κ3) is 5.34. The Labute approximate surface area is 269 Å². The van der Waals surface area contributed by atoms with Gasteiger partial charge in [0.25, 0.3) is 5.56 Å². The molecule has 46 heavy (non-hydrogen) atoms. The van der Waals surface area contributed by atoms with Gasteiger partial charge in [-0.25, -0.2) is 14.2 Å². The number of carbonyl (C=O) groups excluding carboxylic acids is 1. The van der Waals surface area contributed by atoms with Crippen molar-refractivity contribution in [3.63, 3.8) is 0 Å². The highest BCUT2D eigenvalue weighted by Crippen LogP contribution is 2.42. The van der Waals surface area contributed by atoms with Crippen LogP contribution in [0.5, 0.6) is 11.5 Å². The Morgan fingerprint density at radius 2 is 1.74 bits per heavy atom. The second-order valence-corrected chi connectivity index (χ2v) is 11.7. The van der Waals surface area contributed by atoms with E-state index in [1.807, 2.05) is 67.0 Å². The van der Waals surface area contributed by atoms with E-state index in [2.05, 4.69) is 0 Å².